The molecule has 0 aromatic rings. The van der Waals surface area contributed by atoms with Gasteiger partial charge in [0.15, 0.2) is 17.9 Å². The van der Waals surface area contributed by atoms with Crippen LogP contribution in [0.5, 0.6) is 0 Å². The molecule has 0 aromatic carbocycles. The van der Waals surface area contributed by atoms with Crippen molar-refractivity contribution in [2.75, 3.05) is 19.8 Å². The summed E-state index contributed by atoms with van der Waals surface area (Å²) in [4.78, 5) is 0. The van der Waals surface area contributed by atoms with Crippen molar-refractivity contribution in [1.82, 2.24) is 0 Å². The lowest BCUT2D eigenvalue weighted by Gasteiger charge is -2.48. The smallest absolute Gasteiger partial charge is 0.190 e. The summed E-state index contributed by atoms with van der Waals surface area (Å²) in [6, 6.07) is 0. The topological polar surface area (TPSA) is 75.6 Å². The number of rotatable bonds is 4. The summed E-state index contributed by atoms with van der Waals surface area (Å²) >= 11 is 0. The Balaban J connectivity index is 1.78. The minimum absolute atomic E-state index is 0.0870. The van der Waals surface area contributed by atoms with Crippen molar-refractivity contribution in [3.05, 3.63) is 0 Å². The van der Waals surface area contributed by atoms with E-state index in [1.54, 1.807) is 0 Å². The molecule has 3 aliphatic rings. The summed E-state index contributed by atoms with van der Waals surface area (Å²) < 4.78 is 35.4. The predicted molar refractivity (Wildman–Crippen MR) is 75.0 cm³/mol. The van der Waals surface area contributed by atoms with Crippen LogP contribution in [0.25, 0.3) is 0 Å². The van der Waals surface area contributed by atoms with E-state index in [0.717, 1.165) is 0 Å². The highest BCUT2D eigenvalue weighted by Gasteiger charge is 2.58. The second kappa shape index (κ2) is 5.98. The Hall–Kier alpha value is -0.280. The van der Waals surface area contributed by atoms with Crippen molar-refractivity contribution in [1.29, 1.82) is 0 Å². The van der Waals surface area contributed by atoms with E-state index < -0.39 is 17.9 Å². The Kier molecular flexibility index (Phi) is 4.50. The monoisotopic (exact) mass is 318 g/mol. The molecule has 0 bridgehead atoms. The molecule has 3 fully saturated rings. The van der Waals surface area contributed by atoms with Gasteiger partial charge in [0, 0.05) is 13.2 Å². The molecule has 5 atom stereocenters. The van der Waals surface area contributed by atoms with Crippen LogP contribution in [0.15, 0.2) is 0 Å². The molecule has 0 saturated carbocycles. The van der Waals surface area contributed by atoms with E-state index in [9.17, 15) is 0 Å². The van der Waals surface area contributed by atoms with Crippen molar-refractivity contribution in [3.63, 3.8) is 0 Å². The minimum Gasteiger partial charge on any atom is -0.396 e. The van der Waals surface area contributed by atoms with Gasteiger partial charge in [0.05, 0.1) is 6.61 Å². The zero-order valence-electron chi connectivity index (χ0n) is 13.6. The minimum atomic E-state index is -0.724. The lowest BCUT2D eigenvalue weighted by molar-refractivity contribution is -0.368. The molecule has 0 spiro atoms. The van der Waals surface area contributed by atoms with Crippen molar-refractivity contribution < 1.29 is 33.5 Å². The maximum atomic E-state index is 8.97. The van der Waals surface area contributed by atoms with Crippen LogP contribution in [0, 0.1) is 0 Å². The van der Waals surface area contributed by atoms with Crippen molar-refractivity contribution in [3.8, 4) is 0 Å². The number of ether oxygens (including phenoxy) is 6. The number of aliphatic hydroxyl groups excluding tert-OH is 1. The first-order valence-corrected chi connectivity index (χ1v) is 7.87. The molecule has 0 aliphatic carbocycles. The highest BCUT2D eigenvalue weighted by Crippen LogP contribution is 2.41. The van der Waals surface area contributed by atoms with Crippen LogP contribution in [0.1, 0.15) is 34.1 Å². The molecule has 3 aliphatic heterocycles. The third kappa shape index (κ3) is 3.31. The highest BCUT2D eigenvalue weighted by atomic mass is 16.8. The first-order valence-electron chi connectivity index (χ1n) is 7.87. The molecule has 128 valence electrons. The molecule has 0 aromatic heterocycles. The van der Waals surface area contributed by atoms with Crippen LogP contribution in [0.2, 0.25) is 0 Å². The molecular weight excluding hydrogens is 292 g/mol. The molecule has 3 rings (SSSR count). The maximum absolute atomic E-state index is 8.97. The van der Waals surface area contributed by atoms with E-state index in [2.05, 4.69) is 0 Å². The van der Waals surface area contributed by atoms with Gasteiger partial charge in [0.2, 0.25) is 0 Å². The second-order valence-corrected chi connectivity index (χ2v) is 6.85. The summed E-state index contributed by atoms with van der Waals surface area (Å²) in [5, 5.41) is 8.97. The normalized spacial score (nSPS) is 42.7. The first-order chi connectivity index (χ1) is 10.3. The van der Waals surface area contributed by atoms with Gasteiger partial charge in [-0.2, -0.15) is 0 Å². The van der Waals surface area contributed by atoms with E-state index in [-0.39, 0.29) is 31.0 Å². The van der Waals surface area contributed by atoms with Crippen LogP contribution < -0.4 is 0 Å². The fourth-order valence-electron chi connectivity index (χ4n) is 3.13. The fraction of sp³-hybridized carbons (Fsp3) is 1.00. The molecule has 0 amide bonds. The van der Waals surface area contributed by atoms with Gasteiger partial charge >= 0.3 is 0 Å². The van der Waals surface area contributed by atoms with Crippen molar-refractivity contribution in [2.24, 2.45) is 0 Å². The molecule has 3 heterocycles. The van der Waals surface area contributed by atoms with Gasteiger partial charge in [-0.1, -0.05) is 0 Å². The Morgan fingerprint density at radius 1 is 1.05 bits per heavy atom. The Morgan fingerprint density at radius 3 is 2.50 bits per heavy atom. The summed E-state index contributed by atoms with van der Waals surface area (Å²) in [6.45, 7) is 8.39. The molecular formula is C15H26O7. The van der Waals surface area contributed by atoms with Crippen LogP contribution >= 0.6 is 0 Å². The van der Waals surface area contributed by atoms with E-state index in [4.69, 9.17) is 33.5 Å². The van der Waals surface area contributed by atoms with E-state index in [1.165, 1.54) is 0 Å². The number of aliphatic hydroxyl groups is 1. The predicted octanol–water partition coefficient (Wildman–Crippen LogP) is 0.782. The molecule has 0 unspecified atom stereocenters. The van der Waals surface area contributed by atoms with Crippen LogP contribution in [-0.2, 0) is 28.4 Å². The summed E-state index contributed by atoms with van der Waals surface area (Å²) in [5.41, 5.74) is 0. The zero-order chi connectivity index (χ0) is 16.0. The highest BCUT2D eigenvalue weighted by molar-refractivity contribution is 4.98. The molecule has 3 saturated heterocycles. The van der Waals surface area contributed by atoms with E-state index in [0.29, 0.717) is 19.6 Å². The SMILES string of the molecule is CC1(C)O[C@@H]2O[C@@H]3COC(C)(C)O[C@H]3[C@H](OCCCO)[C@@H]2O1. The quantitative estimate of drug-likeness (QED) is 0.768. The number of hydrogen-bond acceptors (Lipinski definition) is 7. The van der Waals surface area contributed by atoms with E-state index >= 15 is 0 Å². The average Bonchev–Trinajstić information content (AvgIpc) is 2.72. The van der Waals surface area contributed by atoms with Crippen molar-refractivity contribution in [2.45, 2.75) is 76.4 Å². The Morgan fingerprint density at radius 2 is 1.77 bits per heavy atom. The van der Waals surface area contributed by atoms with Crippen molar-refractivity contribution >= 4 is 0 Å². The Labute approximate surface area is 130 Å². The zero-order valence-corrected chi connectivity index (χ0v) is 13.6. The number of hydrogen-bond donors (Lipinski definition) is 1. The summed E-state index contributed by atoms with van der Waals surface area (Å²) in [7, 11) is 0. The van der Waals surface area contributed by atoms with Gasteiger partial charge < -0.3 is 33.5 Å². The fourth-order valence-corrected chi connectivity index (χ4v) is 3.13. The third-order valence-electron chi connectivity index (χ3n) is 4.04. The van der Waals surface area contributed by atoms with Gasteiger partial charge in [-0.25, -0.2) is 0 Å². The third-order valence-corrected chi connectivity index (χ3v) is 4.04. The average molecular weight is 318 g/mol. The Bertz CT molecular complexity index is 395. The van der Waals surface area contributed by atoms with Gasteiger partial charge in [-0.3, -0.25) is 0 Å². The lowest BCUT2D eigenvalue weighted by Crippen LogP contribution is -2.64. The first kappa shape index (κ1) is 16.6. The molecule has 7 nitrogen and oxygen atoms in total. The molecule has 7 heteroatoms. The van der Waals surface area contributed by atoms with Gasteiger partial charge in [0.1, 0.15) is 24.4 Å². The van der Waals surface area contributed by atoms with E-state index in [1.807, 2.05) is 27.7 Å². The standard InChI is InChI=1S/C15H26O7/c1-14(2)18-8-9-10(20-14)11(17-7-5-6-16)12-13(19-9)22-15(3,4)21-12/h9-13,16H,5-8H2,1-4H3/t9-,10-,11+,12+,13+/m1/s1. The molecule has 22 heavy (non-hydrogen) atoms. The molecule has 0 radical (unpaired) electrons. The summed E-state index contributed by atoms with van der Waals surface area (Å²) in [6.07, 6.45) is -1.16. The van der Waals surface area contributed by atoms with Crippen LogP contribution in [0.4, 0.5) is 0 Å². The molecule has 1 N–H and O–H groups in total. The van der Waals surface area contributed by atoms with Gasteiger partial charge in [0.25, 0.3) is 0 Å². The maximum Gasteiger partial charge on any atom is 0.190 e. The second-order valence-electron chi connectivity index (χ2n) is 6.85. The number of fused-ring (bicyclic) bond motifs is 2. The van der Waals surface area contributed by atoms with Crippen LogP contribution in [0.3, 0.4) is 0 Å². The van der Waals surface area contributed by atoms with Crippen LogP contribution in [-0.4, -0.2) is 67.2 Å². The van der Waals surface area contributed by atoms with Gasteiger partial charge in [-0.05, 0) is 34.1 Å². The largest absolute Gasteiger partial charge is 0.396 e. The lowest BCUT2D eigenvalue weighted by atomic mass is 9.97. The van der Waals surface area contributed by atoms with Gasteiger partial charge in [-0.15, -0.1) is 0 Å². The summed E-state index contributed by atoms with van der Waals surface area (Å²) in [5.74, 6) is -1.41.